The van der Waals surface area contributed by atoms with Crippen molar-refractivity contribution in [3.8, 4) is 0 Å². The van der Waals surface area contributed by atoms with Crippen LogP contribution >= 0.6 is 0 Å². The molecule has 1 N–H and O–H groups in total. The van der Waals surface area contributed by atoms with Crippen LogP contribution in [0.1, 0.15) is 36.5 Å². The first-order valence-corrected chi connectivity index (χ1v) is 8.57. The summed E-state index contributed by atoms with van der Waals surface area (Å²) >= 11 is 0. The summed E-state index contributed by atoms with van der Waals surface area (Å²) in [6.07, 6.45) is 3.24. The zero-order valence-corrected chi connectivity index (χ0v) is 12.4. The van der Waals surface area contributed by atoms with E-state index < -0.39 is 10.0 Å². The lowest BCUT2D eigenvalue weighted by Crippen LogP contribution is -2.35. The van der Waals surface area contributed by atoms with Gasteiger partial charge < -0.3 is 4.90 Å². The van der Waals surface area contributed by atoms with Crippen LogP contribution in [0.2, 0.25) is 0 Å². The van der Waals surface area contributed by atoms with Crippen molar-refractivity contribution < 1.29 is 13.2 Å². The number of carbonyl (C=O) groups is 1. The van der Waals surface area contributed by atoms with Crippen LogP contribution in [0.5, 0.6) is 0 Å². The molecule has 0 unspecified atom stereocenters. The lowest BCUT2D eigenvalue weighted by molar-refractivity contribution is 0.0724. The van der Waals surface area contributed by atoms with E-state index in [0.29, 0.717) is 11.3 Å². The summed E-state index contributed by atoms with van der Waals surface area (Å²) in [6, 6.07) is 6.68. The SMILES string of the molecule is CCS(=O)(=O)Nc1cccc(C(=O)N2CCCCC2)c1. The zero-order valence-electron chi connectivity index (χ0n) is 11.6. The Bertz CT molecular complexity index is 578. The van der Waals surface area contributed by atoms with Crippen molar-refractivity contribution in [2.75, 3.05) is 23.6 Å². The monoisotopic (exact) mass is 296 g/mol. The second-order valence-corrected chi connectivity index (χ2v) is 6.95. The first kappa shape index (κ1) is 14.8. The third-order valence-corrected chi connectivity index (χ3v) is 4.71. The zero-order chi connectivity index (χ0) is 14.6. The first-order chi connectivity index (χ1) is 9.52. The van der Waals surface area contributed by atoms with Crippen molar-refractivity contribution in [2.24, 2.45) is 0 Å². The summed E-state index contributed by atoms with van der Waals surface area (Å²) in [5, 5.41) is 0. The molecule has 5 nitrogen and oxygen atoms in total. The third kappa shape index (κ3) is 3.72. The summed E-state index contributed by atoms with van der Waals surface area (Å²) < 4.78 is 25.6. The van der Waals surface area contributed by atoms with Gasteiger partial charge in [-0.3, -0.25) is 9.52 Å². The van der Waals surface area contributed by atoms with Crippen LogP contribution in [-0.4, -0.2) is 38.1 Å². The van der Waals surface area contributed by atoms with Gasteiger partial charge in [0.05, 0.1) is 5.75 Å². The minimum atomic E-state index is -3.31. The van der Waals surface area contributed by atoms with Gasteiger partial charge in [0.15, 0.2) is 0 Å². The summed E-state index contributed by atoms with van der Waals surface area (Å²) in [7, 11) is -3.31. The van der Waals surface area contributed by atoms with Gasteiger partial charge in [-0.05, 0) is 44.4 Å². The summed E-state index contributed by atoms with van der Waals surface area (Å²) in [5.74, 6) is -0.0145. The lowest BCUT2D eigenvalue weighted by atomic mass is 10.1. The van der Waals surface area contributed by atoms with E-state index in [1.807, 2.05) is 4.90 Å². The molecule has 2 rings (SSSR count). The van der Waals surface area contributed by atoms with Crippen LogP contribution in [0, 0.1) is 0 Å². The van der Waals surface area contributed by atoms with Crippen molar-refractivity contribution in [2.45, 2.75) is 26.2 Å². The molecule has 6 heteroatoms. The molecular weight excluding hydrogens is 276 g/mol. The number of carbonyl (C=O) groups excluding carboxylic acids is 1. The summed E-state index contributed by atoms with van der Waals surface area (Å²) in [6.45, 7) is 3.14. The van der Waals surface area contributed by atoms with Crippen LogP contribution < -0.4 is 4.72 Å². The molecule has 0 spiro atoms. The van der Waals surface area contributed by atoms with E-state index in [1.165, 1.54) is 6.42 Å². The number of amides is 1. The van der Waals surface area contributed by atoms with E-state index in [1.54, 1.807) is 31.2 Å². The van der Waals surface area contributed by atoms with Crippen LogP contribution in [-0.2, 0) is 10.0 Å². The van der Waals surface area contributed by atoms with Crippen LogP contribution in [0.3, 0.4) is 0 Å². The number of benzene rings is 1. The van der Waals surface area contributed by atoms with E-state index >= 15 is 0 Å². The number of hydrogen-bond acceptors (Lipinski definition) is 3. The van der Waals surface area contributed by atoms with Crippen molar-refractivity contribution in [3.63, 3.8) is 0 Å². The number of hydrogen-bond donors (Lipinski definition) is 1. The Morgan fingerprint density at radius 1 is 1.25 bits per heavy atom. The van der Waals surface area contributed by atoms with Gasteiger partial charge in [0, 0.05) is 24.3 Å². The highest BCUT2D eigenvalue weighted by Crippen LogP contribution is 2.17. The maximum atomic E-state index is 12.3. The molecule has 1 amide bonds. The van der Waals surface area contributed by atoms with E-state index in [4.69, 9.17) is 0 Å². The molecule has 0 bridgehead atoms. The van der Waals surface area contributed by atoms with Gasteiger partial charge >= 0.3 is 0 Å². The number of likely N-dealkylation sites (tertiary alicyclic amines) is 1. The summed E-state index contributed by atoms with van der Waals surface area (Å²) in [4.78, 5) is 14.2. The molecule has 1 heterocycles. The van der Waals surface area contributed by atoms with Crippen molar-refractivity contribution in [3.05, 3.63) is 29.8 Å². The Balaban J connectivity index is 2.14. The van der Waals surface area contributed by atoms with E-state index in [9.17, 15) is 13.2 Å². The van der Waals surface area contributed by atoms with Gasteiger partial charge in [0.1, 0.15) is 0 Å². The van der Waals surface area contributed by atoms with E-state index in [-0.39, 0.29) is 11.7 Å². The van der Waals surface area contributed by atoms with Gasteiger partial charge in [-0.15, -0.1) is 0 Å². The number of sulfonamides is 1. The van der Waals surface area contributed by atoms with Crippen molar-refractivity contribution >= 4 is 21.6 Å². The molecule has 110 valence electrons. The summed E-state index contributed by atoms with van der Waals surface area (Å²) in [5.41, 5.74) is 0.970. The van der Waals surface area contributed by atoms with Crippen LogP contribution in [0.15, 0.2) is 24.3 Å². The highest BCUT2D eigenvalue weighted by Gasteiger charge is 2.18. The molecule has 1 saturated heterocycles. The molecular formula is C14H20N2O3S. The van der Waals surface area contributed by atoms with Gasteiger partial charge in [0.25, 0.3) is 5.91 Å². The number of rotatable bonds is 4. The molecule has 0 radical (unpaired) electrons. The van der Waals surface area contributed by atoms with Crippen molar-refractivity contribution in [1.29, 1.82) is 0 Å². The Labute approximate surface area is 120 Å². The van der Waals surface area contributed by atoms with Gasteiger partial charge in [-0.1, -0.05) is 6.07 Å². The molecule has 0 atom stereocenters. The fraction of sp³-hybridized carbons (Fsp3) is 0.500. The Kier molecular flexibility index (Phi) is 4.65. The predicted octanol–water partition coefficient (Wildman–Crippen LogP) is 2.07. The molecule has 1 fully saturated rings. The number of piperidine rings is 1. The fourth-order valence-corrected chi connectivity index (χ4v) is 2.88. The van der Waals surface area contributed by atoms with E-state index in [0.717, 1.165) is 25.9 Å². The molecule has 1 aliphatic rings. The molecule has 1 aromatic rings. The normalized spacial score (nSPS) is 15.9. The smallest absolute Gasteiger partial charge is 0.253 e. The maximum absolute atomic E-state index is 12.3. The van der Waals surface area contributed by atoms with Gasteiger partial charge in [0.2, 0.25) is 10.0 Å². The highest BCUT2D eigenvalue weighted by atomic mass is 32.2. The predicted molar refractivity (Wildman–Crippen MR) is 79.3 cm³/mol. The van der Waals surface area contributed by atoms with Gasteiger partial charge in [-0.2, -0.15) is 0 Å². The third-order valence-electron chi connectivity index (χ3n) is 3.41. The van der Waals surface area contributed by atoms with Crippen LogP contribution in [0.4, 0.5) is 5.69 Å². The molecule has 1 aliphatic heterocycles. The highest BCUT2D eigenvalue weighted by molar-refractivity contribution is 7.92. The average Bonchev–Trinajstić information content (AvgIpc) is 2.47. The Morgan fingerprint density at radius 3 is 2.60 bits per heavy atom. The van der Waals surface area contributed by atoms with Gasteiger partial charge in [-0.25, -0.2) is 8.42 Å². The standard InChI is InChI=1S/C14H20N2O3S/c1-2-20(18,19)15-13-8-6-7-12(11-13)14(17)16-9-4-3-5-10-16/h6-8,11,15H,2-5,9-10H2,1H3. The average molecular weight is 296 g/mol. The molecule has 0 aromatic heterocycles. The Morgan fingerprint density at radius 2 is 1.95 bits per heavy atom. The fourth-order valence-electron chi connectivity index (χ4n) is 2.25. The maximum Gasteiger partial charge on any atom is 0.253 e. The minimum Gasteiger partial charge on any atom is -0.339 e. The second kappa shape index (κ2) is 6.26. The quantitative estimate of drug-likeness (QED) is 0.925. The molecule has 0 saturated carbocycles. The largest absolute Gasteiger partial charge is 0.339 e. The second-order valence-electron chi connectivity index (χ2n) is 4.94. The number of nitrogens with zero attached hydrogens (tertiary/aromatic N) is 1. The Hall–Kier alpha value is -1.56. The molecule has 20 heavy (non-hydrogen) atoms. The first-order valence-electron chi connectivity index (χ1n) is 6.91. The van der Waals surface area contributed by atoms with Crippen molar-refractivity contribution in [1.82, 2.24) is 4.90 Å². The molecule has 1 aromatic carbocycles. The topological polar surface area (TPSA) is 66.5 Å². The number of nitrogens with one attached hydrogen (secondary N) is 1. The van der Waals surface area contributed by atoms with E-state index in [2.05, 4.69) is 4.72 Å². The van der Waals surface area contributed by atoms with Crippen LogP contribution in [0.25, 0.3) is 0 Å². The minimum absolute atomic E-state index is 0.0112. The lowest BCUT2D eigenvalue weighted by Gasteiger charge is -2.26. The number of anilines is 1. The molecule has 0 aliphatic carbocycles.